The monoisotopic (exact) mass is 1760 g/mol. The maximum atomic E-state index is 2.47. The van der Waals surface area contributed by atoms with Gasteiger partial charge >= 0.3 is 0 Å². The van der Waals surface area contributed by atoms with Crippen molar-refractivity contribution in [3.8, 4) is 112 Å². The van der Waals surface area contributed by atoms with E-state index in [9.17, 15) is 0 Å². The minimum absolute atomic E-state index is 1.15. The smallest absolute Gasteiger partial charge is 0.0619 e. The van der Waals surface area contributed by atoms with Crippen molar-refractivity contribution in [3.63, 3.8) is 0 Å². The van der Waals surface area contributed by atoms with Gasteiger partial charge in [0.05, 0.1) is 66.2 Å². The van der Waals surface area contributed by atoms with Gasteiger partial charge in [0.15, 0.2) is 0 Å². The molecule has 28 rings (SSSR count). The molecule has 0 spiro atoms. The topological polar surface area (TPSA) is 29.6 Å². The van der Waals surface area contributed by atoms with Crippen LogP contribution in [0.4, 0.5) is 0 Å². The summed E-state index contributed by atoms with van der Waals surface area (Å²) in [6.07, 6.45) is 0. The summed E-state index contributed by atoms with van der Waals surface area (Å²) in [5.41, 5.74) is 38.6. The van der Waals surface area contributed by atoms with E-state index in [2.05, 4.69) is 561 Å². The van der Waals surface area contributed by atoms with E-state index in [1.165, 1.54) is 220 Å². The predicted octanol–water partition coefficient (Wildman–Crippen LogP) is 35.3. The second kappa shape index (κ2) is 34.0. The van der Waals surface area contributed by atoms with E-state index in [4.69, 9.17) is 0 Å². The van der Waals surface area contributed by atoms with Gasteiger partial charge < -0.3 is 27.4 Å². The minimum atomic E-state index is 1.15. The van der Waals surface area contributed by atoms with E-state index in [1.54, 1.807) is 0 Å². The lowest BCUT2D eigenvalue weighted by atomic mass is 9.97. The normalized spacial score (nSPS) is 11.6. The zero-order valence-electron chi connectivity index (χ0n) is 75.5. The fourth-order valence-electron chi connectivity index (χ4n) is 22.0. The molecular weight excluding hydrogens is 1670 g/mol. The first kappa shape index (κ1) is 80.5. The molecule has 6 heterocycles. The van der Waals surface area contributed by atoms with Gasteiger partial charge in [0.25, 0.3) is 0 Å². The number of nitrogens with zero attached hydrogens (tertiary/aromatic N) is 6. The SMILES string of the molecule is c1ccc(-c2ccc(-n3c4ccccc4c4c(-c5cccc6c7ccccc7n(-c7cccc(-c8ccccc8)c7)c56)cccc43)cc2)cc1.c1ccc(-c2ccc(-n3c4ccccc4c4c(-c5cccc6c7ccccc7n(-c7ccccc7)c56)cccc43)cc2)cc1.c1ccc(-c2cccc(-n3c4ccccc4c4c(-c5cccc6c7ccccc7n(-c7ccccc7)c56)cccc43)c2)cc1. The van der Waals surface area contributed by atoms with Gasteiger partial charge in [-0.2, -0.15) is 0 Å². The molecule has 6 nitrogen and oxygen atoms in total. The van der Waals surface area contributed by atoms with Crippen LogP contribution in [-0.2, 0) is 0 Å². The third kappa shape index (κ3) is 13.6. The van der Waals surface area contributed by atoms with Crippen LogP contribution in [-0.4, -0.2) is 27.4 Å². The number of benzene rings is 22. The van der Waals surface area contributed by atoms with Crippen LogP contribution >= 0.6 is 0 Å². The molecule has 0 atom stereocenters. The molecule has 0 aliphatic heterocycles. The first-order chi connectivity index (χ1) is 68.6. The van der Waals surface area contributed by atoms with E-state index in [0.717, 1.165) is 22.7 Å². The highest BCUT2D eigenvalue weighted by atomic mass is 15.0. The summed E-state index contributed by atoms with van der Waals surface area (Å²) in [6.45, 7) is 0. The molecule has 0 aliphatic carbocycles. The van der Waals surface area contributed by atoms with Crippen LogP contribution in [0.3, 0.4) is 0 Å². The molecule has 0 saturated heterocycles. The molecule has 0 aliphatic rings. The minimum Gasteiger partial charge on any atom is -0.309 e. The number of hydrogen-bond acceptors (Lipinski definition) is 0. The van der Waals surface area contributed by atoms with Gasteiger partial charge in [0, 0.05) is 115 Å². The summed E-state index contributed by atoms with van der Waals surface area (Å²) in [5, 5.41) is 15.1. The standard InChI is InChI=1S/C48H32N2.2C42H28N2/c1-3-14-33(15-4-1)35-28-30-37(31-29-35)49-45-26-10-8-21-43(45)47-40(22-13-27-46(47)49)42-24-12-23-41-39-20-7-9-25-44(39)50(48(41)42)38-19-11-18-36(32-38)34-16-5-2-6-17-34;1-3-14-29(15-4-1)30-16-11-19-32(28-30)43-39-26-10-8-21-37(39)41-34(22-13-27-40(41)43)36-24-12-23-35-33-20-7-9-25-38(33)44(42(35)36)31-17-5-2-6-18-31;1-3-13-29(14-4-1)30-25-27-32(28-26-30)43-39-23-10-8-18-37(39)41-34(19-12-24-40(41)43)36-21-11-20-35-33-17-7-9-22-38(33)44(42(35)36)31-15-5-2-6-16-31/h1-32H;2*1-28H. The van der Waals surface area contributed by atoms with E-state index in [0.29, 0.717) is 0 Å². The molecule has 0 radical (unpaired) electrons. The molecule has 22 aromatic carbocycles. The molecule has 646 valence electrons. The van der Waals surface area contributed by atoms with Crippen LogP contribution in [0.15, 0.2) is 534 Å². The lowest BCUT2D eigenvalue weighted by Crippen LogP contribution is -1.96. The van der Waals surface area contributed by atoms with Crippen LogP contribution in [0.1, 0.15) is 0 Å². The molecule has 0 fully saturated rings. The average molecular weight is 1760 g/mol. The highest BCUT2D eigenvalue weighted by molar-refractivity contribution is 6.25. The van der Waals surface area contributed by atoms with Gasteiger partial charge in [-0.25, -0.2) is 0 Å². The highest BCUT2D eigenvalue weighted by Crippen LogP contribution is 2.50. The van der Waals surface area contributed by atoms with Crippen molar-refractivity contribution >= 4 is 131 Å². The van der Waals surface area contributed by atoms with Gasteiger partial charge in [-0.05, 0) is 189 Å². The third-order valence-corrected chi connectivity index (χ3v) is 28.0. The Bertz CT molecular complexity index is 9530. The molecule has 6 heteroatoms. The Hall–Kier alpha value is -18.4. The van der Waals surface area contributed by atoms with Crippen molar-refractivity contribution in [1.82, 2.24) is 27.4 Å². The molecule has 6 aromatic heterocycles. The molecule has 0 N–H and O–H groups in total. The molecule has 0 unspecified atom stereocenters. The summed E-state index contributed by atoms with van der Waals surface area (Å²) < 4.78 is 14.6. The summed E-state index contributed by atoms with van der Waals surface area (Å²) in [5.74, 6) is 0. The summed E-state index contributed by atoms with van der Waals surface area (Å²) >= 11 is 0. The number of fused-ring (bicyclic) bond motifs is 18. The second-order valence-electron chi connectivity index (χ2n) is 35.6. The predicted molar refractivity (Wildman–Crippen MR) is 583 cm³/mol. The van der Waals surface area contributed by atoms with Crippen LogP contribution in [0.25, 0.3) is 243 Å². The fraction of sp³-hybridized carbons (Fsp3) is 0. The van der Waals surface area contributed by atoms with Crippen LogP contribution in [0, 0.1) is 0 Å². The van der Waals surface area contributed by atoms with Gasteiger partial charge in [-0.1, -0.05) is 406 Å². The van der Waals surface area contributed by atoms with Crippen molar-refractivity contribution < 1.29 is 0 Å². The Labute approximate surface area is 798 Å². The summed E-state index contributed by atoms with van der Waals surface area (Å²) in [6, 6.07) is 193. The van der Waals surface area contributed by atoms with Crippen molar-refractivity contribution in [1.29, 1.82) is 0 Å². The summed E-state index contributed by atoms with van der Waals surface area (Å²) in [7, 11) is 0. The molecule has 28 aromatic rings. The zero-order chi connectivity index (χ0) is 91.1. The van der Waals surface area contributed by atoms with E-state index >= 15 is 0 Å². The van der Waals surface area contributed by atoms with E-state index in [-0.39, 0.29) is 0 Å². The van der Waals surface area contributed by atoms with Gasteiger partial charge in [-0.15, -0.1) is 0 Å². The Morgan fingerprint density at radius 2 is 0.290 bits per heavy atom. The Balaban J connectivity index is 0.000000107. The van der Waals surface area contributed by atoms with Gasteiger partial charge in [0.1, 0.15) is 0 Å². The molecule has 0 bridgehead atoms. The molecule has 0 saturated carbocycles. The molecule has 0 amide bonds. The summed E-state index contributed by atoms with van der Waals surface area (Å²) in [4.78, 5) is 0. The maximum Gasteiger partial charge on any atom is 0.0619 e. The zero-order valence-corrected chi connectivity index (χ0v) is 75.5. The third-order valence-electron chi connectivity index (χ3n) is 28.0. The maximum absolute atomic E-state index is 2.47. The molecular formula is C132H88N6. The average Bonchev–Trinajstić information content (AvgIpc) is 1.56. The van der Waals surface area contributed by atoms with Gasteiger partial charge in [-0.3, -0.25) is 0 Å². The van der Waals surface area contributed by atoms with Crippen LogP contribution in [0.2, 0.25) is 0 Å². The first-order valence-corrected chi connectivity index (χ1v) is 47.5. The van der Waals surface area contributed by atoms with Crippen molar-refractivity contribution in [2.75, 3.05) is 0 Å². The number of para-hydroxylation sites is 11. The number of rotatable bonds is 13. The van der Waals surface area contributed by atoms with E-state index < -0.39 is 0 Å². The number of aromatic nitrogens is 6. The van der Waals surface area contributed by atoms with Crippen molar-refractivity contribution in [3.05, 3.63) is 534 Å². The van der Waals surface area contributed by atoms with Crippen molar-refractivity contribution in [2.45, 2.75) is 0 Å². The number of hydrogen-bond donors (Lipinski definition) is 0. The lowest BCUT2D eigenvalue weighted by molar-refractivity contribution is 1.18. The largest absolute Gasteiger partial charge is 0.309 e. The molecule has 138 heavy (non-hydrogen) atoms. The quantitative estimate of drug-likeness (QED) is 0.110. The lowest BCUT2D eigenvalue weighted by Gasteiger charge is -2.14. The Morgan fingerprint density at radius 1 is 0.101 bits per heavy atom. The van der Waals surface area contributed by atoms with Crippen LogP contribution < -0.4 is 0 Å². The fourth-order valence-corrected chi connectivity index (χ4v) is 22.0. The highest BCUT2D eigenvalue weighted by Gasteiger charge is 2.27. The first-order valence-electron chi connectivity index (χ1n) is 47.5. The Morgan fingerprint density at radius 3 is 0.609 bits per heavy atom. The van der Waals surface area contributed by atoms with Gasteiger partial charge in [0.2, 0.25) is 0 Å². The Kier molecular flexibility index (Phi) is 19.9. The van der Waals surface area contributed by atoms with Crippen LogP contribution in [0.5, 0.6) is 0 Å². The second-order valence-corrected chi connectivity index (χ2v) is 35.6. The van der Waals surface area contributed by atoms with Crippen molar-refractivity contribution in [2.24, 2.45) is 0 Å². The van der Waals surface area contributed by atoms with E-state index in [1.807, 2.05) is 0 Å².